The molecule has 4 aliphatic rings. The molecule has 2 aliphatic carbocycles. The van der Waals surface area contributed by atoms with Gasteiger partial charge in [-0.1, -0.05) is 32.4 Å². The van der Waals surface area contributed by atoms with Gasteiger partial charge in [0.15, 0.2) is 11.5 Å². The van der Waals surface area contributed by atoms with Crippen molar-refractivity contribution in [1.29, 1.82) is 0 Å². The number of piperidine rings is 2. The molecule has 5 nitrogen and oxygen atoms in total. The molecule has 0 radical (unpaired) electrons. The first-order valence-corrected chi connectivity index (χ1v) is 13.6. The number of para-hydroxylation sites is 2. The van der Waals surface area contributed by atoms with Crippen LogP contribution < -0.4 is 5.56 Å². The van der Waals surface area contributed by atoms with E-state index in [1.807, 2.05) is 28.8 Å². The van der Waals surface area contributed by atoms with Gasteiger partial charge in [-0.25, -0.2) is 4.98 Å². The fourth-order valence-electron chi connectivity index (χ4n) is 8.69. The van der Waals surface area contributed by atoms with E-state index >= 15 is 0 Å². The van der Waals surface area contributed by atoms with Crippen molar-refractivity contribution < 1.29 is 4.79 Å². The summed E-state index contributed by atoms with van der Waals surface area (Å²) >= 11 is 0. The molecule has 2 aromatic rings. The number of fused-ring (bicyclic) bond motifs is 5. The molecule has 34 heavy (non-hydrogen) atoms. The third-order valence-electron chi connectivity index (χ3n) is 9.48. The van der Waals surface area contributed by atoms with Crippen molar-refractivity contribution in [3.8, 4) is 0 Å². The molecular weight excluding hydrogens is 422 g/mol. The van der Waals surface area contributed by atoms with Gasteiger partial charge < -0.3 is 4.57 Å². The van der Waals surface area contributed by atoms with E-state index < -0.39 is 0 Å². The van der Waals surface area contributed by atoms with Crippen LogP contribution in [-0.2, 0) is 0 Å². The van der Waals surface area contributed by atoms with Gasteiger partial charge in [-0.2, -0.15) is 0 Å². The second-order valence-corrected chi connectivity index (χ2v) is 12.7. The third-order valence-corrected chi connectivity index (χ3v) is 9.48. The Morgan fingerprint density at radius 3 is 2.21 bits per heavy atom. The Hall–Kier alpha value is -2.01. The fraction of sp³-hybridized carbons (Fsp3) is 0.690. The normalized spacial score (nSPS) is 35.3. The Morgan fingerprint density at radius 2 is 1.56 bits per heavy atom. The van der Waals surface area contributed by atoms with Crippen LogP contribution in [0.3, 0.4) is 0 Å². The summed E-state index contributed by atoms with van der Waals surface area (Å²) in [6, 6.07) is 9.80. The number of nitrogens with zero attached hydrogens (tertiary/aromatic N) is 3. The summed E-state index contributed by atoms with van der Waals surface area (Å²) in [6.07, 6.45) is 12.7. The lowest BCUT2D eigenvalue weighted by Gasteiger charge is -2.56. The zero-order chi connectivity index (χ0) is 23.6. The molecule has 3 heterocycles. The second-order valence-electron chi connectivity index (χ2n) is 12.7. The molecule has 0 spiro atoms. The predicted octanol–water partition coefficient (Wildman–Crippen LogP) is 5.76. The first kappa shape index (κ1) is 22.5. The van der Waals surface area contributed by atoms with E-state index in [4.69, 9.17) is 0 Å². The summed E-state index contributed by atoms with van der Waals surface area (Å²) in [5.41, 5.74) is 2.04. The highest BCUT2D eigenvalue weighted by molar-refractivity contribution is 5.93. The molecule has 1 aromatic carbocycles. The van der Waals surface area contributed by atoms with Gasteiger partial charge in [-0.15, -0.1) is 0 Å². The lowest BCUT2D eigenvalue weighted by Crippen LogP contribution is -2.59. The Morgan fingerprint density at radius 1 is 0.912 bits per heavy atom. The van der Waals surface area contributed by atoms with Crippen molar-refractivity contribution in [1.82, 2.24) is 14.5 Å². The molecular formula is C29H39N3O2. The maximum atomic E-state index is 13.5. The molecule has 0 N–H and O–H groups in total. The second kappa shape index (κ2) is 8.29. The van der Waals surface area contributed by atoms with E-state index in [-0.39, 0.29) is 23.1 Å². The van der Waals surface area contributed by atoms with E-state index in [1.165, 1.54) is 58.3 Å². The maximum absolute atomic E-state index is 13.5. The van der Waals surface area contributed by atoms with Gasteiger partial charge in [0.2, 0.25) is 0 Å². The monoisotopic (exact) mass is 461 g/mol. The van der Waals surface area contributed by atoms with Crippen molar-refractivity contribution in [3.05, 3.63) is 40.3 Å². The van der Waals surface area contributed by atoms with Crippen LogP contribution in [0.15, 0.2) is 29.1 Å². The number of rotatable bonds is 3. The molecule has 5 heteroatoms. The molecule has 4 bridgehead atoms. The minimum Gasteiger partial charge on any atom is -0.302 e. The topological polar surface area (TPSA) is 55.2 Å². The number of hydrogen-bond acceptors (Lipinski definition) is 4. The van der Waals surface area contributed by atoms with Gasteiger partial charge in [-0.05, 0) is 87.2 Å². The molecule has 0 amide bonds. The first-order chi connectivity index (χ1) is 16.3. The quantitative estimate of drug-likeness (QED) is 0.545. The third kappa shape index (κ3) is 3.84. The minimum atomic E-state index is -0.237. The summed E-state index contributed by atoms with van der Waals surface area (Å²) in [5, 5.41) is 0. The molecule has 4 fully saturated rings. The highest BCUT2D eigenvalue weighted by Crippen LogP contribution is 2.51. The summed E-state index contributed by atoms with van der Waals surface area (Å²) in [5.74, 6) is 1.53. The van der Waals surface area contributed by atoms with Crippen molar-refractivity contribution in [2.45, 2.75) is 109 Å². The lowest BCUT2D eigenvalue weighted by molar-refractivity contribution is -0.0599. The number of Topliss-reactive ketones (excluding diaryl/α,β-unsaturated/α-hetero) is 1. The van der Waals surface area contributed by atoms with E-state index in [0.29, 0.717) is 17.5 Å². The van der Waals surface area contributed by atoms with Gasteiger partial charge >= 0.3 is 0 Å². The van der Waals surface area contributed by atoms with Crippen LogP contribution in [-0.4, -0.2) is 38.4 Å². The minimum absolute atomic E-state index is 0.0917. The fourth-order valence-corrected chi connectivity index (χ4v) is 8.69. The summed E-state index contributed by atoms with van der Waals surface area (Å²) in [4.78, 5) is 33.1. The van der Waals surface area contributed by atoms with Gasteiger partial charge in [-0.3, -0.25) is 14.5 Å². The highest BCUT2D eigenvalue weighted by atomic mass is 16.1. The zero-order valence-electron chi connectivity index (χ0n) is 21.0. The number of benzene rings is 1. The van der Waals surface area contributed by atoms with E-state index in [0.717, 1.165) is 41.8 Å². The average molecular weight is 462 g/mol. The molecule has 1 aromatic heterocycles. The molecule has 2 aliphatic heterocycles. The van der Waals surface area contributed by atoms with Crippen molar-refractivity contribution in [3.63, 3.8) is 0 Å². The molecule has 182 valence electrons. The molecule has 0 unspecified atom stereocenters. The maximum Gasteiger partial charge on any atom is 0.280 e. The Balaban J connectivity index is 1.32. The van der Waals surface area contributed by atoms with Gasteiger partial charge in [0.25, 0.3) is 5.56 Å². The number of ketones is 1. The lowest BCUT2D eigenvalue weighted by atomic mass is 9.60. The van der Waals surface area contributed by atoms with Gasteiger partial charge in [0, 0.05) is 31.1 Å². The SMILES string of the molecule is CC(=O)c1nc2ccccc2n([C@H]2C[C@H]3CCC[C@@H](C2)N3[C@H]2C[C@H]3C[C@@H](C2)CC(C)(C)C3)c1=O. The Kier molecular flexibility index (Phi) is 5.47. The van der Waals surface area contributed by atoms with Gasteiger partial charge in [0.05, 0.1) is 11.0 Å². The van der Waals surface area contributed by atoms with Crippen molar-refractivity contribution in [2.24, 2.45) is 17.3 Å². The molecule has 2 saturated carbocycles. The van der Waals surface area contributed by atoms with Crippen LogP contribution in [0, 0.1) is 17.3 Å². The van der Waals surface area contributed by atoms with Gasteiger partial charge in [0.1, 0.15) is 0 Å². The van der Waals surface area contributed by atoms with Crippen LogP contribution in [0.2, 0.25) is 0 Å². The zero-order valence-corrected chi connectivity index (χ0v) is 21.0. The van der Waals surface area contributed by atoms with Crippen LogP contribution >= 0.6 is 0 Å². The van der Waals surface area contributed by atoms with E-state index in [9.17, 15) is 9.59 Å². The largest absolute Gasteiger partial charge is 0.302 e. The van der Waals surface area contributed by atoms with E-state index in [2.05, 4.69) is 23.7 Å². The molecule has 2 saturated heterocycles. The number of carbonyl (C=O) groups is 1. The molecule has 6 atom stereocenters. The number of aromatic nitrogens is 2. The Labute approximate surface area is 202 Å². The van der Waals surface area contributed by atoms with E-state index in [1.54, 1.807) is 0 Å². The number of hydrogen-bond donors (Lipinski definition) is 0. The summed E-state index contributed by atoms with van der Waals surface area (Å²) in [7, 11) is 0. The van der Waals surface area contributed by atoms with Crippen LogP contribution in [0.1, 0.15) is 102 Å². The van der Waals surface area contributed by atoms with Crippen LogP contribution in [0.5, 0.6) is 0 Å². The van der Waals surface area contributed by atoms with Crippen LogP contribution in [0.4, 0.5) is 0 Å². The van der Waals surface area contributed by atoms with Crippen molar-refractivity contribution in [2.75, 3.05) is 0 Å². The predicted molar refractivity (Wildman–Crippen MR) is 135 cm³/mol. The number of carbonyl (C=O) groups excluding carboxylic acids is 1. The Bertz CT molecular complexity index is 1140. The van der Waals surface area contributed by atoms with Crippen LogP contribution in [0.25, 0.3) is 11.0 Å². The molecule has 6 rings (SSSR count). The summed E-state index contributed by atoms with van der Waals surface area (Å²) < 4.78 is 1.94. The smallest absolute Gasteiger partial charge is 0.280 e. The summed E-state index contributed by atoms with van der Waals surface area (Å²) in [6.45, 7) is 6.40. The van der Waals surface area contributed by atoms with Crippen molar-refractivity contribution >= 4 is 16.8 Å². The standard InChI is InChI=1S/C29H39N3O2/c1-18(33)27-28(34)32(26-10-5-4-9-25(26)30-27)24-14-21-7-6-8-22(15-24)31(21)23-12-19-11-20(13-23)17-29(2,3)16-19/h4-5,9-10,19-24H,6-8,11-17H2,1-3H3/t19-,20+,21-,22+,23+,24+. The first-order valence-electron chi connectivity index (χ1n) is 13.6. The highest BCUT2D eigenvalue weighted by Gasteiger charge is 2.47. The average Bonchev–Trinajstić information content (AvgIpc) is 2.76.